The van der Waals surface area contributed by atoms with Crippen LogP contribution in [-0.4, -0.2) is 13.1 Å². The van der Waals surface area contributed by atoms with E-state index >= 15 is 0 Å². The van der Waals surface area contributed by atoms with Gasteiger partial charge < -0.3 is 5.32 Å². The van der Waals surface area contributed by atoms with Crippen LogP contribution in [0.4, 0.5) is 4.39 Å². The molecule has 1 N–H and O–H groups in total. The zero-order chi connectivity index (χ0) is 13.5. The van der Waals surface area contributed by atoms with Gasteiger partial charge in [0, 0.05) is 5.02 Å². The zero-order valence-corrected chi connectivity index (χ0v) is 12.2. The van der Waals surface area contributed by atoms with Crippen LogP contribution in [0.2, 0.25) is 5.02 Å². The first-order valence-corrected chi connectivity index (χ1v) is 7.05. The Morgan fingerprint density at radius 3 is 2.67 bits per heavy atom. The highest BCUT2D eigenvalue weighted by molar-refractivity contribution is 6.30. The average molecular weight is 272 g/mol. The van der Waals surface area contributed by atoms with Crippen LogP contribution >= 0.6 is 11.6 Å². The van der Waals surface area contributed by atoms with E-state index in [2.05, 4.69) is 26.1 Å². The van der Waals surface area contributed by atoms with E-state index in [0.29, 0.717) is 16.9 Å². The fraction of sp³-hybridized carbons (Fsp3) is 0.600. The summed E-state index contributed by atoms with van der Waals surface area (Å²) < 4.78 is 13.7. The van der Waals surface area contributed by atoms with Gasteiger partial charge in [-0.25, -0.2) is 4.39 Å². The standard InChI is InChI=1S/C15H23ClFN/c1-4-18-10-12(7-11(2)3)8-13-9-14(16)5-6-15(13)17/h5-6,9,11-12,18H,4,7-8,10H2,1-3H3. The van der Waals surface area contributed by atoms with E-state index < -0.39 is 0 Å². The molecule has 0 aromatic heterocycles. The van der Waals surface area contributed by atoms with Crippen LogP contribution in [0.15, 0.2) is 18.2 Å². The highest BCUT2D eigenvalue weighted by Gasteiger charge is 2.14. The summed E-state index contributed by atoms with van der Waals surface area (Å²) in [4.78, 5) is 0. The molecule has 0 fully saturated rings. The largest absolute Gasteiger partial charge is 0.317 e. The van der Waals surface area contributed by atoms with Gasteiger partial charge in [0.2, 0.25) is 0 Å². The normalized spacial score (nSPS) is 13.0. The van der Waals surface area contributed by atoms with Crippen molar-refractivity contribution in [2.45, 2.75) is 33.6 Å². The van der Waals surface area contributed by atoms with E-state index in [0.717, 1.165) is 31.5 Å². The molecule has 1 atom stereocenters. The Kier molecular flexibility index (Phi) is 6.66. The minimum absolute atomic E-state index is 0.148. The first kappa shape index (κ1) is 15.5. The molecule has 0 spiro atoms. The third kappa shape index (κ3) is 5.36. The molecular weight excluding hydrogens is 249 g/mol. The Morgan fingerprint density at radius 1 is 1.33 bits per heavy atom. The minimum Gasteiger partial charge on any atom is -0.317 e. The first-order chi connectivity index (χ1) is 8.52. The van der Waals surface area contributed by atoms with Gasteiger partial charge in [-0.3, -0.25) is 0 Å². The van der Waals surface area contributed by atoms with Crippen LogP contribution in [0.3, 0.4) is 0 Å². The fourth-order valence-electron chi connectivity index (χ4n) is 2.26. The molecule has 1 nitrogen and oxygen atoms in total. The number of rotatable bonds is 7. The molecule has 3 heteroatoms. The van der Waals surface area contributed by atoms with Crippen LogP contribution in [0.5, 0.6) is 0 Å². The molecule has 0 radical (unpaired) electrons. The molecule has 0 aliphatic rings. The molecule has 18 heavy (non-hydrogen) atoms. The maximum Gasteiger partial charge on any atom is 0.126 e. The lowest BCUT2D eigenvalue weighted by Gasteiger charge is -2.20. The van der Waals surface area contributed by atoms with Crippen molar-refractivity contribution in [2.75, 3.05) is 13.1 Å². The van der Waals surface area contributed by atoms with Crippen molar-refractivity contribution in [3.05, 3.63) is 34.6 Å². The van der Waals surface area contributed by atoms with Gasteiger partial charge in [-0.05, 0) is 61.5 Å². The van der Waals surface area contributed by atoms with Crippen LogP contribution in [0.25, 0.3) is 0 Å². The van der Waals surface area contributed by atoms with Crippen molar-refractivity contribution in [3.63, 3.8) is 0 Å². The number of halogens is 2. The third-order valence-electron chi connectivity index (χ3n) is 3.00. The Morgan fingerprint density at radius 2 is 2.06 bits per heavy atom. The quantitative estimate of drug-likeness (QED) is 0.780. The maximum atomic E-state index is 13.7. The van der Waals surface area contributed by atoms with Crippen LogP contribution < -0.4 is 5.32 Å². The Balaban J connectivity index is 2.71. The lowest BCUT2D eigenvalue weighted by Crippen LogP contribution is -2.25. The zero-order valence-electron chi connectivity index (χ0n) is 11.5. The molecular formula is C15H23ClFN. The van der Waals surface area contributed by atoms with Gasteiger partial charge in [0.25, 0.3) is 0 Å². The topological polar surface area (TPSA) is 12.0 Å². The minimum atomic E-state index is -0.148. The number of benzene rings is 1. The van der Waals surface area contributed by atoms with Crippen molar-refractivity contribution in [1.82, 2.24) is 5.32 Å². The van der Waals surface area contributed by atoms with Crippen molar-refractivity contribution >= 4 is 11.6 Å². The molecule has 0 bridgehead atoms. The van der Waals surface area contributed by atoms with Gasteiger partial charge in [0.05, 0.1) is 0 Å². The van der Waals surface area contributed by atoms with E-state index in [1.54, 1.807) is 12.1 Å². The summed E-state index contributed by atoms with van der Waals surface area (Å²) in [5, 5.41) is 3.96. The van der Waals surface area contributed by atoms with E-state index in [-0.39, 0.29) is 5.82 Å². The third-order valence-corrected chi connectivity index (χ3v) is 3.24. The van der Waals surface area contributed by atoms with Crippen molar-refractivity contribution in [1.29, 1.82) is 0 Å². The summed E-state index contributed by atoms with van der Waals surface area (Å²) in [7, 11) is 0. The molecule has 0 aliphatic heterocycles. The second-order valence-electron chi connectivity index (χ2n) is 5.24. The van der Waals surface area contributed by atoms with Crippen molar-refractivity contribution in [3.8, 4) is 0 Å². The number of hydrogen-bond donors (Lipinski definition) is 1. The van der Waals surface area contributed by atoms with Crippen molar-refractivity contribution in [2.24, 2.45) is 11.8 Å². The maximum absolute atomic E-state index is 13.7. The second-order valence-corrected chi connectivity index (χ2v) is 5.68. The summed E-state index contributed by atoms with van der Waals surface area (Å²) in [6.07, 6.45) is 1.84. The average Bonchev–Trinajstić information content (AvgIpc) is 2.30. The van der Waals surface area contributed by atoms with E-state index in [4.69, 9.17) is 11.6 Å². The van der Waals surface area contributed by atoms with Gasteiger partial charge in [-0.1, -0.05) is 32.4 Å². The lowest BCUT2D eigenvalue weighted by molar-refractivity contribution is 0.384. The smallest absolute Gasteiger partial charge is 0.126 e. The summed E-state index contributed by atoms with van der Waals surface area (Å²) in [5.41, 5.74) is 0.728. The highest BCUT2D eigenvalue weighted by Crippen LogP contribution is 2.21. The Hall–Kier alpha value is -0.600. The lowest BCUT2D eigenvalue weighted by atomic mass is 9.90. The summed E-state index contributed by atoms with van der Waals surface area (Å²) in [6, 6.07) is 4.80. The Labute approximate surface area is 115 Å². The SMILES string of the molecule is CCNCC(Cc1cc(Cl)ccc1F)CC(C)C. The molecule has 1 aromatic carbocycles. The molecule has 0 heterocycles. The molecule has 0 saturated carbocycles. The predicted octanol–water partition coefficient (Wildman–Crippen LogP) is 4.29. The van der Waals surface area contributed by atoms with E-state index in [9.17, 15) is 4.39 Å². The molecule has 0 saturated heterocycles. The number of hydrogen-bond acceptors (Lipinski definition) is 1. The van der Waals surface area contributed by atoms with Crippen molar-refractivity contribution < 1.29 is 4.39 Å². The molecule has 1 unspecified atom stereocenters. The van der Waals surface area contributed by atoms with E-state index in [1.807, 2.05) is 0 Å². The van der Waals surface area contributed by atoms with Crippen LogP contribution in [-0.2, 0) is 6.42 Å². The predicted molar refractivity (Wildman–Crippen MR) is 76.6 cm³/mol. The van der Waals surface area contributed by atoms with Crippen LogP contribution in [0.1, 0.15) is 32.8 Å². The summed E-state index contributed by atoms with van der Waals surface area (Å²) >= 11 is 5.93. The monoisotopic (exact) mass is 271 g/mol. The first-order valence-electron chi connectivity index (χ1n) is 6.67. The van der Waals surface area contributed by atoms with Crippen LogP contribution in [0, 0.1) is 17.7 Å². The second kappa shape index (κ2) is 7.75. The fourth-order valence-corrected chi connectivity index (χ4v) is 2.46. The highest BCUT2D eigenvalue weighted by atomic mass is 35.5. The Bertz CT molecular complexity index is 366. The molecule has 1 aromatic rings. The number of nitrogens with one attached hydrogen (secondary N) is 1. The van der Waals surface area contributed by atoms with Gasteiger partial charge in [-0.15, -0.1) is 0 Å². The van der Waals surface area contributed by atoms with Gasteiger partial charge in [-0.2, -0.15) is 0 Å². The molecule has 0 aliphatic carbocycles. The summed E-state index contributed by atoms with van der Waals surface area (Å²) in [6.45, 7) is 8.38. The van der Waals surface area contributed by atoms with Gasteiger partial charge in [0.15, 0.2) is 0 Å². The van der Waals surface area contributed by atoms with Gasteiger partial charge >= 0.3 is 0 Å². The summed E-state index contributed by atoms with van der Waals surface area (Å²) in [5.74, 6) is 0.929. The molecule has 1 rings (SSSR count). The molecule has 102 valence electrons. The molecule has 0 amide bonds. The van der Waals surface area contributed by atoms with E-state index in [1.165, 1.54) is 6.07 Å². The van der Waals surface area contributed by atoms with Gasteiger partial charge in [0.1, 0.15) is 5.82 Å².